The van der Waals surface area contributed by atoms with E-state index < -0.39 is 5.41 Å². The Morgan fingerprint density at radius 2 is 1.97 bits per heavy atom. The molecule has 2 heterocycles. The van der Waals surface area contributed by atoms with Gasteiger partial charge in [-0.1, -0.05) is 44.2 Å². The monoisotopic (exact) mass is 425 g/mol. The molecule has 0 saturated carbocycles. The van der Waals surface area contributed by atoms with Gasteiger partial charge in [0.1, 0.15) is 5.69 Å². The van der Waals surface area contributed by atoms with Crippen molar-refractivity contribution in [2.75, 3.05) is 19.7 Å². The number of piperidine rings is 1. The van der Waals surface area contributed by atoms with E-state index in [0.717, 1.165) is 31.4 Å². The molecule has 1 aliphatic heterocycles. The molecule has 0 radical (unpaired) electrons. The summed E-state index contributed by atoms with van der Waals surface area (Å²) in [5.74, 6) is 0.0254. The number of aromatic nitrogens is 2. The highest BCUT2D eigenvalue weighted by Gasteiger charge is 2.44. The summed E-state index contributed by atoms with van der Waals surface area (Å²) in [6.07, 6.45) is 4.06. The van der Waals surface area contributed by atoms with Crippen LogP contribution in [0.3, 0.4) is 0 Å². The Morgan fingerprint density at radius 3 is 2.61 bits per heavy atom. The van der Waals surface area contributed by atoms with Crippen LogP contribution in [-0.2, 0) is 23.0 Å². The van der Waals surface area contributed by atoms with Crippen molar-refractivity contribution < 1.29 is 14.3 Å². The fourth-order valence-electron chi connectivity index (χ4n) is 4.47. The largest absolute Gasteiger partial charge is 0.466 e. The molecule has 3 rings (SSSR count). The molecule has 0 N–H and O–H groups in total. The van der Waals surface area contributed by atoms with E-state index in [1.165, 1.54) is 5.56 Å². The zero-order chi connectivity index (χ0) is 22.4. The van der Waals surface area contributed by atoms with E-state index in [2.05, 4.69) is 31.1 Å². The minimum Gasteiger partial charge on any atom is -0.466 e. The van der Waals surface area contributed by atoms with Crippen molar-refractivity contribution in [2.24, 2.45) is 12.5 Å². The molecule has 1 saturated heterocycles. The molecule has 1 aliphatic rings. The first-order chi connectivity index (χ1) is 14.9. The van der Waals surface area contributed by atoms with Crippen LogP contribution in [0.25, 0.3) is 0 Å². The number of carbonyl (C=O) groups excluding carboxylic acids is 2. The Bertz CT molecular complexity index is 891. The Morgan fingerprint density at radius 1 is 1.23 bits per heavy atom. The normalized spacial score (nSPS) is 18.9. The quantitative estimate of drug-likeness (QED) is 0.590. The van der Waals surface area contributed by atoms with Gasteiger partial charge in [-0.2, -0.15) is 5.10 Å². The number of amides is 1. The lowest BCUT2D eigenvalue weighted by Gasteiger charge is -2.41. The van der Waals surface area contributed by atoms with Crippen LogP contribution in [0.4, 0.5) is 0 Å². The molecule has 1 aromatic heterocycles. The van der Waals surface area contributed by atoms with E-state index >= 15 is 0 Å². The number of rotatable bonds is 8. The van der Waals surface area contributed by atoms with Crippen molar-refractivity contribution in [3.05, 3.63) is 53.3 Å². The van der Waals surface area contributed by atoms with E-state index in [9.17, 15) is 9.59 Å². The van der Waals surface area contributed by atoms with Crippen molar-refractivity contribution in [3.8, 4) is 0 Å². The molecule has 1 atom stereocenters. The maximum absolute atomic E-state index is 13.3. The van der Waals surface area contributed by atoms with Crippen molar-refractivity contribution in [1.82, 2.24) is 14.7 Å². The molecule has 0 unspecified atom stereocenters. The maximum atomic E-state index is 13.3. The smallest absolute Gasteiger partial charge is 0.313 e. The summed E-state index contributed by atoms with van der Waals surface area (Å²) in [6.45, 7) is 7.38. The summed E-state index contributed by atoms with van der Waals surface area (Å²) < 4.78 is 7.15. The molecular weight excluding hydrogens is 390 g/mol. The Hall–Kier alpha value is -2.63. The van der Waals surface area contributed by atoms with Gasteiger partial charge >= 0.3 is 5.97 Å². The second-order valence-electron chi connectivity index (χ2n) is 8.90. The van der Waals surface area contributed by atoms with Crippen LogP contribution >= 0.6 is 0 Å². The van der Waals surface area contributed by atoms with Crippen LogP contribution in [0.15, 0.2) is 36.4 Å². The molecule has 0 aliphatic carbocycles. The Labute approximate surface area is 185 Å². The predicted octanol–water partition coefficient (Wildman–Crippen LogP) is 4.35. The molecule has 1 fully saturated rings. The van der Waals surface area contributed by atoms with E-state index in [1.54, 1.807) is 4.68 Å². The molecule has 2 aromatic rings. The third-order valence-corrected chi connectivity index (χ3v) is 6.25. The second kappa shape index (κ2) is 10.1. The Kier molecular flexibility index (Phi) is 7.52. The number of hydrogen-bond donors (Lipinski definition) is 0. The van der Waals surface area contributed by atoms with Gasteiger partial charge in [0.05, 0.1) is 17.7 Å². The van der Waals surface area contributed by atoms with Crippen LogP contribution in [0.2, 0.25) is 0 Å². The molecule has 1 amide bonds. The summed E-state index contributed by atoms with van der Waals surface area (Å²) >= 11 is 0. The summed E-state index contributed by atoms with van der Waals surface area (Å²) in [6, 6.07) is 12.2. The lowest BCUT2D eigenvalue weighted by molar-refractivity contribution is -0.159. The first-order valence-electron chi connectivity index (χ1n) is 11.4. The van der Waals surface area contributed by atoms with Gasteiger partial charge in [-0.05, 0) is 56.6 Å². The highest BCUT2D eigenvalue weighted by Crippen LogP contribution is 2.37. The van der Waals surface area contributed by atoms with Gasteiger partial charge in [-0.15, -0.1) is 0 Å². The van der Waals surface area contributed by atoms with Crippen molar-refractivity contribution in [1.29, 1.82) is 0 Å². The number of likely N-dealkylation sites (tertiary alicyclic amines) is 1. The van der Waals surface area contributed by atoms with Gasteiger partial charge in [-0.25, -0.2) is 0 Å². The van der Waals surface area contributed by atoms with Gasteiger partial charge in [0, 0.05) is 20.1 Å². The number of esters is 1. The van der Waals surface area contributed by atoms with Crippen LogP contribution < -0.4 is 0 Å². The predicted molar refractivity (Wildman–Crippen MR) is 121 cm³/mol. The number of carbonyl (C=O) groups is 2. The van der Waals surface area contributed by atoms with Gasteiger partial charge in [0.2, 0.25) is 0 Å². The minimum atomic E-state index is -0.641. The van der Waals surface area contributed by atoms with Gasteiger partial charge in [0.15, 0.2) is 0 Å². The first-order valence-corrected chi connectivity index (χ1v) is 11.4. The Balaban J connectivity index is 1.76. The molecule has 0 bridgehead atoms. The molecule has 6 heteroatoms. The van der Waals surface area contributed by atoms with Crippen LogP contribution in [0.1, 0.15) is 74.1 Å². The number of aryl methyl sites for hydroxylation is 2. The topological polar surface area (TPSA) is 64.4 Å². The number of ether oxygens (including phenoxy) is 1. The number of hydrogen-bond acceptors (Lipinski definition) is 4. The van der Waals surface area contributed by atoms with Crippen molar-refractivity contribution in [3.63, 3.8) is 0 Å². The van der Waals surface area contributed by atoms with Crippen LogP contribution in [0.5, 0.6) is 0 Å². The molecule has 1 aromatic carbocycles. The summed E-state index contributed by atoms with van der Waals surface area (Å²) in [5.41, 5.74) is 2.11. The van der Waals surface area contributed by atoms with E-state index in [0.29, 0.717) is 31.8 Å². The third kappa shape index (κ3) is 5.35. The summed E-state index contributed by atoms with van der Waals surface area (Å²) in [5, 5.41) is 4.49. The summed E-state index contributed by atoms with van der Waals surface area (Å²) in [4.78, 5) is 28.2. The van der Waals surface area contributed by atoms with Gasteiger partial charge < -0.3 is 9.64 Å². The van der Waals surface area contributed by atoms with Crippen LogP contribution in [0, 0.1) is 5.41 Å². The average Bonchev–Trinajstić information content (AvgIpc) is 3.16. The second-order valence-corrected chi connectivity index (χ2v) is 8.90. The summed E-state index contributed by atoms with van der Waals surface area (Å²) in [7, 11) is 1.81. The van der Waals surface area contributed by atoms with E-state index in [1.807, 2.05) is 43.1 Å². The van der Waals surface area contributed by atoms with Gasteiger partial charge in [-0.3, -0.25) is 14.3 Å². The van der Waals surface area contributed by atoms with Crippen molar-refractivity contribution in [2.45, 2.75) is 58.8 Å². The molecule has 6 nitrogen and oxygen atoms in total. The van der Waals surface area contributed by atoms with Crippen LogP contribution in [-0.4, -0.2) is 46.3 Å². The molecular formula is C25H35N3O3. The zero-order valence-electron chi connectivity index (χ0n) is 19.3. The fraction of sp³-hybridized carbons (Fsp3) is 0.560. The number of benzene rings is 1. The standard InChI is InChI=1S/C25H35N3O3/c1-5-31-24(30)25(14-9-13-20-11-7-6-8-12-20)15-10-16-28(18-25)23(29)22-17-21(19(2)3)26-27(22)4/h6-8,11-12,17,19H,5,9-10,13-16,18H2,1-4H3/t25-/m0/s1. The lowest BCUT2D eigenvalue weighted by atomic mass is 9.75. The zero-order valence-corrected chi connectivity index (χ0v) is 19.3. The molecule has 0 spiro atoms. The maximum Gasteiger partial charge on any atom is 0.313 e. The third-order valence-electron chi connectivity index (χ3n) is 6.25. The van der Waals surface area contributed by atoms with E-state index in [4.69, 9.17) is 4.74 Å². The average molecular weight is 426 g/mol. The van der Waals surface area contributed by atoms with Crippen molar-refractivity contribution >= 4 is 11.9 Å². The highest BCUT2D eigenvalue weighted by atomic mass is 16.5. The molecule has 31 heavy (non-hydrogen) atoms. The highest BCUT2D eigenvalue weighted by molar-refractivity contribution is 5.93. The number of nitrogens with zero attached hydrogens (tertiary/aromatic N) is 3. The lowest BCUT2D eigenvalue weighted by Crippen LogP contribution is -2.50. The minimum absolute atomic E-state index is 0.0571. The van der Waals surface area contributed by atoms with E-state index in [-0.39, 0.29) is 17.8 Å². The first kappa shape index (κ1) is 23.0. The SMILES string of the molecule is CCOC(=O)[C@@]1(CCCc2ccccc2)CCCN(C(=O)c2cc(C(C)C)nn2C)C1. The molecule has 168 valence electrons. The fourth-order valence-corrected chi connectivity index (χ4v) is 4.47. The van der Waals surface area contributed by atoms with Gasteiger partial charge in [0.25, 0.3) is 5.91 Å².